The third kappa shape index (κ3) is 5.58. The Morgan fingerprint density at radius 1 is 1.03 bits per heavy atom. The van der Waals surface area contributed by atoms with Gasteiger partial charge in [0.05, 0.1) is 13.2 Å². The summed E-state index contributed by atoms with van der Waals surface area (Å²) in [5, 5.41) is 0. The van der Waals surface area contributed by atoms with Gasteiger partial charge < -0.3 is 19.1 Å². The number of ether oxygens (including phenoxy) is 3. The fourth-order valence-electron chi connectivity index (χ4n) is 5.96. The molecule has 8 nitrogen and oxygen atoms in total. The van der Waals surface area contributed by atoms with Crippen molar-refractivity contribution < 1.29 is 37.4 Å². The van der Waals surface area contributed by atoms with Crippen molar-refractivity contribution in [3.63, 3.8) is 0 Å². The smallest absolute Gasteiger partial charge is 0.411 e. The summed E-state index contributed by atoms with van der Waals surface area (Å²) < 4.78 is 44.5. The fraction of sp³-hybridized carbons (Fsp3) is 0.667. The van der Waals surface area contributed by atoms with Crippen molar-refractivity contribution in [3.8, 4) is 0 Å². The first kappa shape index (κ1) is 27.3. The highest BCUT2D eigenvalue weighted by atomic mass is 19.1. The second-order valence-corrected chi connectivity index (χ2v) is 11.5. The first-order valence-corrected chi connectivity index (χ1v) is 12.8. The average Bonchev–Trinajstić information content (AvgIpc) is 2.82. The van der Waals surface area contributed by atoms with Crippen molar-refractivity contribution in [2.24, 2.45) is 5.41 Å². The topological polar surface area (TPSA) is 85.4 Å². The molecule has 3 fully saturated rings. The van der Waals surface area contributed by atoms with Gasteiger partial charge in [-0.3, -0.25) is 14.5 Å². The molecule has 1 unspecified atom stereocenters. The van der Waals surface area contributed by atoms with E-state index in [9.17, 15) is 23.2 Å². The average molecular weight is 523 g/mol. The predicted octanol–water partition coefficient (Wildman–Crippen LogP) is 4.37. The van der Waals surface area contributed by atoms with E-state index in [0.717, 1.165) is 31.0 Å². The summed E-state index contributed by atoms with van der Waals surface area (Å²) in [6, 6.07) is 2.01. The second-order valence-electron chi connectivity index (χ2n) is 11.5. The molecule has 1 aromatic rings. The first-order chi connectivity index (χ1) is 17.4. The minimum absolute atomic E-state index is 0.0408. The lowest BCUT2D eigenvalue weighted by molar-refractivity contribution is -0.168. The first-order valence-electron chi connectivity index (χ1n) is 12.8. The summed E-state index contributed by atoms with van der Waals surface area (Å²) >= 11 is 0. The Kier molecular flexibility index (Phi) is 7.52. The van der Waals surface area contributed by atoms with Crippen molar-refractivity contribution in [3.05, 3.63) is 35.4 Å². The lowest BCUT2D eigenvalue weighted by Gasteiger charge is -2.56. The second kappa shape index (κ2) is 10.2. The van der Waals surface area contributed by atoms with Gasteiger partial charge in [0.1, 0.15) is 29.3 Å². The van der Waals surface area contributed by atoms with E-state index in [0.29, 0.717) is 38.9 Å². The normalized spacial score (nSPS) is 23.3. The third-order valence-corrected chi connectivity index (χ3v) is 8.01. The molecule has 204 valence electrons. The minimum atomic E-state index is -1.23. The largest absolute Gasteiger partial charge is 0.468 e. The Bertz CT molecular complexity index is 1020. The molecule has 0 N–H and O–H groups in total. The fourth-order valence-corrected chi connectivity index (χ4v) is 5.96. The maximum absolute atomic E-state index is 14.3. The van der Waals surface area contributed by atoms with Gasteiger partial charge in [-0.15, -0.1) is 0 Å². The number of carbonyl (C=O) groups is 3. The van der Waals surface area contributed by atoms with Gasteiger partial charge in [-0.1, -0.05) is 0 Å². The molecule has 2 heterocycles. The molecule has 0 bridgehead atoms. The Morgan fingerprint density at radius 3 is 2.16 bits per heavy atom. The van der Waals surface area contributed by atoms with Gasteiger partial charge in [0.2, 0.25) is 5.91 Å². The molecule has 4 rings (SSSR count). The van der Waals surface area contributed by atoms with Gasteiger partial charge in [0, 0.05) is 25.8 Å². The van der Waals surface area contributed by atoms with Crippen LogP contribution in [-0.4, -0.2) is 72.3 Å². The number of methoxy groups -OCH3 is 1. The molecule has 2 amide bonds. The van der Waals surface area contributed by atoms with E-state index in [2.05, 4.69) is 0 Å². The summed E-state index contributed by atoms with van der Waals surface area (Å²) in [6.45, 7) is 6.08. The van der Waals surface area contributed by atoms with E-state index >= 15 is 0 Å². The molecular weight excluding hydrogens is 486 g/mol. The summed E-state index contributed by atoms with van der Waals surface area (Å²) in [5.74, 6) is -2.73. The highest BCUT2D eigenvalue weighted by Gasteiger charge is 2.58. The summed E-state index contributed by atoms with van der Waals surface area (Å²) in [7, 11) is 1.21. The Morgan fingerprint density at radius 2 is 1.62 bits per heavy atom. The highest BCUT2D eigenvalue weighted by Crippen LogP contribution is 2.52. The molecular formula is C27H36F2N2O6. The Balaban J connectivity index is 1.76. The number of nitrogens with zero attached hydrogens (tertiary/aromatic N) is 2. The lowest BCUT2D eigenvalue weighted by Crippen LogP contribution is -2.70. The van der Waals surface area contributed by atoms with Crippen LogP contribution in [0.5, 0.6) is 0 Å². The quantitative estimate of drug-likeness (QED) is 0.548. The van der Waals surface area contributed by atoms with E-state index in [-0.39, 0.29) is 17.5 Å². The van der Waals surface area contributed by atoms with Crippen LogP contribution in [0.3, 0.4) is 0 Å². The molecule has 1 saturated carbocycles. The van der Waals surface area contributed by atoms with Gasteiger partial charge in [-0.25, -0.2) is 13.6 Å². The maximum atomic E-state index is 14.3. The van der Waals surface area contributed by atoms with Crippen LogP contribution in [0, 0.1) is 17.0 Å². The molecule has 2 saturated heterocycles. The molecule has 2 aliphatic heterocycles. The van der Waals surface area contributed by atoms with Gasteiger partial charge in [-0.05, 0) is 82.4 Å². The van der Waals surface area contributed by atoms with E-state index in [1.54, 1.807) is 20.8 Å². The number of carbonyl (C=O) groups excluding carboxylic acids is 3. The van der Waals surface area contributed by atoms with Crippen LogP contribution in [0.2, 0.25) is 0 Å². The zero-order valence-electron chi connectivity index (χ0n) is 22.0. The van der Waals surface area contributed by atoms with Gasteiger partial charge in [0.25, 0.3) is 0 Å². The number of esters is 1. The van der Waals surface area contributed by atoms with Crippen LogP contribution in [0.1, 0.15) is 70.9 Å². The zero-order chi connectivity index (χ0) is 27.0. The molecule has 37 heavy (non-hydrogen) atoms. The van der Waals surface area contributed by atoms with Gasteiger partial charge in [0.15, 0.2) is 0 Å². The van der Waals surface area contributed by atoms with Crippen molar-refractivity contribution >= 4 is 18.0 Å². The van der Waals surface area contributed by atoms with E-state index < -0.39 is 53.3 Å². The molecule has 1 atom stereocenters. The standard InChI is InChI=1S/C27H36F2N2O6/c1-25(2,3)37-24(34)31-16-21(18-13-19(28)15-20(29)14-18)30(17-22(32)35-4)23(33)27(31)7-5-26(6-8-27)9-11-36-12-10-26/h13-15,21H,5-12,16-17H2,1-4H3. The van der Waals surface area contributed by atoms with Crippen molar-refractivity contribution in [1.82, 2.24) is 9.80 Å². The molecule has 10 heteroatoms. The van der Waals surface area contributed by atoms with Crippen LogP contribution < -0.4 is 0 Å². The monoisotopic (exact) mass is 522 g/mol. The van der Waals surface area contributed by atoms with Crippen LogP contribution in [0.4, 0.5) is 13.6 Å². The minimum Gasteiger partial charge on any atom is -0.468 e. The molecule has 0 aromatic heterocycles. The van der Waals surface area contributed by atoms with E-state index in [1.807, 2.05) is 0 Å². The molecule has 1 aliphatic carbocycles. The van der Waals surface area contributed by atoms with Crippen molar-refractivity contribution in [2.75, 3.05) is 33.4 Å². The van der Waals surface area contributed by atoms with Crippen molar-refractivity contribution in [1.29, 1.82) is 0 Å². The van der Waals surface area contributed by atoms with E-state index in [4.69, 9.17) is 14.2 Å². The highest BCUT2D eigenvalue weighted by molar-refractivity contribution is 5.94. The lowest BCUT2D eigenvalue weighted by atomic mass is 9.62. The number of benzene rings is 1. The predicted molar refractivity (Wildman–Crippen MR) is 129 cm³/mol. The number of amides is 2. The maximum Gasteiger partial charge on any atom is 0.411 e. The molecule has 0 radical (unpaired) electrons. The zero-order valence-corrected chi connectivity index (χ0v) is 22.0. The van der Waals surface area contributed by atoms with Gasteiger partial charge in [-0.2, -0.15) is 0 Å². The number of halogens is 2. The van der Waals surface area contributed by atoms with Crippen LogP contribution in [0.15, 0.2) is 18.2 Å². The number of hydrogen-bond acceptors (Lipinski definition) is 6. The summed E-state index contributed by atoms with van der Waals surface area (Å²) in [5.41, 5.74) is -1.86. The SMILES string of the molecule is COC(=O)CN1C(=O)C2(CCC3(CCOCC3)CC2)N(C(=O)OC(C)(C)C)CC1c1cc(F)cc(F)c1. The van der Waals surface area contributed by atoms with Crippen LogP contribution >= 0.6 is 0 Å². The number of piperazine rings is 1. The summed E-state index contributed by atoms with van der Waals surface area (Å²) in [6.07, 6.45) is 3.34. The van der Waals surface area contributed by atoms with Gasteiger partial charge >= 0.3 is 12.1 Å². The number of rotatable bonds is 3. The van der Waals surface area contributed by atoms with E-state index in [1.165, 1.54) is 16.9 Å². The molecule has 1 aromatic carbocycles. The molecule has 2 spiro atoms. The summed E-state index contributed by atoms with van der Waals surface area (Å²) in [4.78, 5) is 43.0. The Labute approximate surface area is 216 Å². The van der Waals surface area contributed by atoms with Crippen LogP contribution in [-0.2, 0) is 23.8 Å². The van der Waals surface area contributed by atoms with Crippen molar-refractivity contribution in [2.45, 2.75) is 76.5 Å². The van der Waals surface area contributed by atoms with Crippen LogP contribution in [0.25, 0.3) is 0 Å². The number of hydrogen-bond donors (Lipinski definition) is 0. The Hall–Kier alpha value is -2.75. The molecule has 3 aliphatic rings. The third-order valence-electron chi connectivity index (χ3n) is 8.01.